The molecular formula is C7H9N5. The van der Waals surface area contributed by atoms with Crippen LogP contribution in [0.25, 0.3) is 11.3 Å². The highest BCUT2D eigenvalue weighted by atomic mass is 15.2. The maximum atomic E-state index is 5.64. The summed E-state index contributed by atoms with van der Waals surface area (Å²) in [6, 6.07) is 1.86. The molecular weight excluding hydrogens is 154 g/mol. The van der Waals surface area contributed by atoms with Crippen LogP contribution >= 0.6 is 0 Å². The largest absolute Gasteiger partial charge is 0.382 e. The van der Waals surface area contributed by atoms with Crippen molar-refractivity contribution in [3.8, 4) is 11.3 Å². The molecule has 5 nitrogen and oxygen atoms in total. The van der Waals surface area contributed by atoms with Crippen LogP contribution in [0, 0.1) is 6.92 Å². The minimum atomic E-state index is 0.497. The van der Waals surface area contributed by atoms with Crippen LogP contribution in [-0.2, 0) is 0 Å². The van der Waals surface area contributed by atoms with Crippen molar-refractivity contribution in [2.75, 3.05) is 5.73 Å². The van der Waals surface area contributed by atoms with Crippen LogP contribution in [0.3, 0.4) is 0 Å². The van der Waals surface area contributed by atoms with Crippen molar-refractivity contribution in [3.63, 3.8) is 0 Å². The second kappa shape index (κ2) is 2.37. The Morgan fingerprint density at radius 3 is 2.75 bits per heavy atom. The number of H-pyrrole nitrogens is 2. The predicted molar refractivity (Wildman–Crippen MR) is 45.3 cm³/mol. The Hall–Kier alpha value is -1.78. The summed E-state index contributed by atoms with van der Waals surface area (Å²) in [5.41, 5.74) is 8.37. The molecule has 0 unspecified atom stereocenters. The van der Waals surface area contributed by atoms with Crippen LogP contribution in [0.1, 0.15) is 5.69 Å². The first-order chi connectivity index (χ1) is 5.79. The molecule has 2 aromatic rings. The van der Waals surface area contributed by atoms with E-state index in [2.05, 4.69) is 20.4 Å². The zero-order chi connectivity index (χ0) is 8.55. The van der Waals surface area contributed by atoms with Gasteiger partial charge in [-0.25, -0.2) is 0 Å². The molecule has 2 rings (SSSR count). The minimum absolute atomic E-state index is 0.497. The van der Waals surface area contributed by atoms with E-state index in [4.69, 9.17) is 5.73 Å². The second-order valence-electron chi connectivity index (χ2n) is 2.58. The van der Waals surface area contributed by atoms with Crippen LogP contribution in [0.2, 0.25) is 0 Å². The fourth-order valence-electron chi connectivity index (χ4n) is 1.18. The quantitative estimate of drug-likeness (QED) is 0.578. The summed E-state index contributed by atoms with van der Waals surface area (Å²) in [4.78, 5) is 0. The molecule has 0 bridgehead atoms. The molecule has 0 aliphatic carbocycles. The zero-order valence-corrected chi connectivity index (χ0v) is 6.63. The minimum Gasteiger partial charge on any atom is -0.382 e. The summed E-state index contributed by atoms with van der Waals surface area (Å²) in [5, 5.41) is 13.3. The molecule has 0 spiro atoms. The molecule has 0 aromatic carbocycles. The molecule has 5 heteroatoms. The number of nitrogens with one attached hydrogen (secondary N) is 2. The maximum absolute atomic E-state index is 5.64. The zero-order valence-electron chi connectivity index (χ0n) is 6.63. The van der Waals surface area contributed by atoms with E-state index in [1.54, 1.807) is 6.20 Å². The van der Waals surface area contributed by atoms with E-state index >= 15 is 0 Å². The van der Waals surface area contributed by atoms with Crippen molar-refractivity contribution >= 4 is 5.82 Å². The Balaban J connectivity index is 2.60. The predicted octanol–water partition coefficient (Wildman–Crippen LogP) is 0.690. The highest BCUT2D eigenvalue weighted by Gasteiger charge is 2.09. The van der Waals surface area contributed by atoms with Crippen molar-refractivity contribution < 1.29 is 0 Å². The van der Waals surface area contributed by atoms with E-state index in [0.29, 0.717) is 5.82 Å². The SMILES string of the molecule is Cc1[nH]nc(N)c1-c1ccn[nH]1. The van der Waals surface area contributed by atoms with Gasteiger partial charge in [0.25, 0.3) is 0 Å². The molecule has 4 N–H and O–H groups in total. The molecule has 0 fully saturated rings. The number of rotatable bonds is 1. The number of nitrogens with zero attached hydrogens (tertiary/aromatic N) is 2. The van der Waals surface area contributed by atoms with Gasteiger partial charge in [-0.15, -0.1) is 0 Å². The molecule has 62 valence electrons. The van der Waals surface area contributed by atoms with Crippen LogP contribution < -0.4 is 5.73 Å². The van der Waals surface area contributed by atoms with E-state index in [1.165, 1.54) is 0 Å². The Morgan fingerprint density at radius 1 is 1.42 bits per heavy atom. The van der Waals surface area contributed by atoms with Gasteiger partial charge in [0.05, 0.1) is 11.3 Å². The fourth-order valence-corrected chi connectivity index (χ4v) is 1.18. The summed E-state index contributed by atoms with van der Waals surface area (Å²) in [5.74, 6) is 0.497. The fraction of sp³-hybridized carbons (Fsp3) is 0.143. The lowest BCUT2D eigenvalue weighted by molar-refractivity contribution is 1.05. The Morgan fingerprint density at radius 2 is 2.25 bits per heavy atom. The maximum Gasteiger partial charge on any atom is 0.154 e. The monoisotopic (exact) mass is 163 g/mol. The number of nitrogens with two attached hydrogens (primary N) is 1. The summed E-state index contributed by atoms with van der Waals surface area (Å²) in [6.07, 6.45) is 1.68. The van der Waals surface area contributed by atoms with Gasteiger partial charge in [-0.3, -0.25) is 10.2 Å². The average molecular weight is 163 g/mol. The van der Waals surface area contributed by atoms with Gasteiger partial charge >= 0.3 is 0 Å². The number of hydrogen-bond acceptors (Lipinski definition) is 3. The van der Waals surface area contributed by atoms with Crippen LogP contribution in [0.4, 0.5) is 5.82 Å². The summed E-state index contributed by atoms with van der Waals surface area (Å²) in [6.45, 7) is 1.92. The number of nitrogen functional groups attached to an aromatic ring is 1. The molecule has 0 radical (unpaired) electrons. The van der Waals surface area contributed by atoms with E-state index in [-0.39, 0.29) is 0 Å². The third-order valence-corrected chi connectivity index (χ3v) is 1.75. The number of aryl methyl sites for hydroxylation is 1. The summed E-state index contributed by atoms with van der Waals surface area (Å²) >= 11 is 0. The highest BCUT2D eigenvalue weighted by Crippen LogP contribution is 2.24. The Bertz CT molecular complexity index is 353. The molecule has 0 aliphatic heterocycles. The summed E-state index contributed by atoms with van der Waals surface area (Å²) < 4.78 is 0. The van der Waals surface area contributed by atoms with Gasteiger partial charge in [0.15, 0.2) is 5.82 Å². The van der Waals surface area contributed by atoms with Gasteiger partial charge < -0.3 is 5.73 Å². The van der Waals surface area contributed by atoms with E-state index < -0.39 is 0 Å². The third kappa shape index (κ3) is 0.868. The van der Waals surface area contributed by atoms with Gasteiger partial charge in [-0.05, 0) is 13.0 Å². The lowest BCUT2D eigenvalue weighted by Crippen LogP contribution is -1.88. The van der Waals surface area contributed by atoms with Crippen molar-refractivity contribution in [3.05, 3.63) is 18.0 Å². The molecule has 0 amide bonds. The van der Waals surface area contributed by atoms with Crippen molar-refractivity contribution in [2.24, 2.45) is 0 Å². The Labute approximate surface area is 69.0 Å². The number of aromatic nitrogens is 4. The van der Waals surface area contributed by atoms with E-state index in [9.17, 15) is 0 Å². The standard InChI is InChI=1S/C7H9N5/c1-4-6(7(8)12-10-4)5-2-3-9-11-5/h2-3H,1H3,(H,9,11)(H3,8,10,12). The van der Waals surface area contributed by atoms with Crippen LogP contribution in [-0.4, -0.2) is 20.4 Å². The van der Waals surface area contributed by atoms with Crippen molar-refractivity contribution in [1.82, 2.24) is 20.4 Å². The molecule has 2 heterocycles. The molecule has 0 saturated carbocycles. The molecule has 2 aromatic heterocycles. The van der Waals surface area contributed by atoms with Crippen LogP contribution in [0.5, 0.6) is 0 Å². The van der Waals surface area contributed by atoms with Gasteiger partial charge in [0.1, 0.15) is 0 Å². The first-order valence-electron chi connectivity index (χ1n) is 3.59. The van der Waals surface area contributed by atoms with Crippen molar-refractivity contribution in [1.29, 1.82) is 0 Å². The first-order valence-corrected chi connectivity index (χ1v) is 3.59. The summed E-state index contributed by atoms with van der Waals surface area (Å²) in [7, 11) is 0. The second-order valence-corrected chi connectivity index (χ2v) is 2.58. The highest BCUT2D eigenvalue weighted by molar-refractivity contribution is 5.72. The molecule has 0 saturated heterocycles. The van der Waals surface area contributed by atoms with Crippen LogP contribution in [0.15, 0.2) is 12.3 Å². The van der Waals surface area contributed by atoms with Gasteiger partial charge in [-0.1, -0.05) is 0 Å². The Kier molecular flexibility index (Phi) is 1.36. The van der Waals surface area contributed by atoms with Crippen molar-refractivity contribution in [2.45, 2.75) is 6.92 Å². The normalized spacial score (nSPS) is 10.4. The molecule has 12 heavy (non-hydrogen) atoms. The van der Waals surface area contributed by atoms with E-state index in [1.807, 2.05) is 13.0 Å². The number of anilines is 1. The topological polar surface area (TPSA) is 83.4 Å². The van der Waals surface area contributed by atoms with E-state index in [0.717, 1.165) is 17.0 Å². The van der Waals surface area contributed by atoms with Gasteiger partial charge in [-0.2, -0.15) is 10.2 Å². The lowest BCUT2D eigenvalue weighted by atomic mass is 10.2. The smallest absolute Gasteiger partial charge is 0.154 e. The van der Waals surface area contributed by atoms with Gasteiger partial charge in [0.2, 0.25) is 0 Å². The number of aromatic amines is 2. The molecule has 0 atom stereocenters. The lowest BCUT2D eigenvalue weighted by Gasteiger charge is -1.94. The first kappa shape index (κ1) is 6.90. The average Bonchev–Trinajstić information content (AvgIpc) is 2.61. The number of hydrogen-bond donors (Lipinski definition) is 3. The third-order valence-electron chi connectivity index (χ3n) is 1.75. The van der Waals surface area contributed by atoms with Gasteiger partial charge in [0, 0.05) is 11.9 Å². The molecule has 0 aliphatic rings.